The van der Waals surface area contributed by atoms with Crippen LogP contribution in [0, 0.1) is 0 Å². The van der Waals surface area contributed by atoms with E-state index in [-0.39, 0.29) is 4.90 Å². The van der Waals surface area contributed by atoms with Gasteiger partial charge >= 0.3 is 0 Å². The fourth-order valence-corrected chi connectivity index (χ4v) is 5.01. The first-order chi connectivity index (χ1) is 16.9. The minimum atomic E-state index is -4.04. The molecule has 0 bridgehead atoms. The van der Waals surface area contributed by atoms with Crippen LogP contribution in [0.2, 0.25) is 0 Å². The summed E-state index contributed by atoms with van der Waals surface area (Å²) in [4.78, 5) is 13.7. The summed E-state index contributed by atoms with van der Waals surface area (Å²) in [7, 11) is -2.50. The van der Waals surface area contributed by atoms with Crippen molar-refractivity contribution in [2.24, 2.45) is 5.10 Å². The Balaban J connectivity index is 1.86. The fraction of sp³-hybridized carbons (Fsp3) is 0.200. The number of thioether (sulfide) groups is 1. The van der Waals surface area contributed by atoms with Gasteiger partial charge in [-0.05, 0) is 73.8 Å². The van der Waals surface area contributed by atoms with Crippen molar-refractivity contribution >= 4 is 39.6 Å². The monoisotopic (exact) mass is 513 g/mol. The summed E-state index contributed by atoms with van der Waals surface area (Å²) in [6.45, 7) is 1.87. The van der Waals surface area contributed by atoms with Crippen LogP contribution in [0.5, 0.6) is 11.5 Å². The highest BCUT2D eigenvalue weighted by Crippen LogP contribution is 2.27. The zero-order valence-corrected chi connectivity index (χ0v) is 21.3. The van der Waals surface area contributed by atoms with Crippen LogP contribution >= 0.6 is 11.8 Å². The first-order valence-corrected chi connectivity index (χ1v) is 13.4. The minimum absolute atomic E-state index is 0.0782. The maximum Gasteiger partial charge on any atom is 0.264 e. The number of carbonyl (C=O) groups excluding carboxylic acids is 1. The first-order valence-electron chi connectivity index (χ1n) is 10.7. The Morgan fingerprint density at radius 3 is 2.37 bits per heavy atom. The summed E-state index contributed by atoms with van der Waals surface area (Å²) >= 11 is 1.51. The second-order valence-corrected chi connectivity index (χ2v) is 9.89. The van der Waals surface area contributed by atoms with E-state index in [9.17, 15) is 13.2 Å². The molecule has 0 aromatic heterocycles. The molecule has 0 saturated carbocycles. The summed E-state index contributed by atoms with van der Waals surface area (Å²) in [5, 5.41) is 3.96. The van der Waals surface area contributed by atoms with Gasteiger partial charge in [-0.15, -0.1) is 11.8 Å². The minimum Gasteiger partial charge on any atom is -0.496 e. The lowest BCUT2D eigenvalue weighted by Crippen LogP contribution is -2.39. The van der Waals surface area contributed by atoms with E-state index >= 15 is 0 Å². The molecule has 8 nitrogen and oxygen atoms in total. The molecule has 1 N–H and O–H groups in total. The van der Waals surface area contributed by atoms with Crippen LogP contribution in [0.1, 0.15) is 12.5 Å². The topological polar surface area (TPSA) is 97.3 Å². The Labute approximate surface area is 210 Å². The summed E-state index contributed by atoms with van der Waals surface area (Å²) in [6, 6.07) is 20.2. The second-order valence-electron chi connectivity index (χ2n) is 7.15. The number of ether oxygens (including phenoxy) is 2. The molecule has 0 atom stereocenters. The number of para-hydroxylation sites is 1. The molecule has 0 heterocycles. The van der Waals surface area contributed by atoms with Gasteiger partial charge in [-0.1, -0.05) is 12.1 Å². The van der Waals surface area contributed by atoms with Crippen molar-refractivity contribution in [3.05, 3.63) is 78.4 Å². The number of methoxy groups -OCH3 is 1. The normalized spacial score (nSPS) is 11.3. The molecule has 0 aliphatic rings. The van der Waals surface area contributed by atoms with E-state index < -0.39 is 22.5 Å². The zero-order valence-electron chi connectivity index (χ0n) is 19.7. The molecule has 1 amide bonds. The third kappa shape index (κ3) is 6.77. The number of hydrazone groups is 1. The summed E-state index contributed by atoms with van der Waals surface area (Å²) in [5.74, 6) is 0.593. The number of hydrogen-bond acceptors (Lipinski definition) is 7. The maximum atomic E-state index is 13.5. The average molecular weight is 514 g/mol. The summed E-state index contributed by atoms with van der Waals surface area (Å²) in [5.41, 5.74) is 3.39. The number of benzene rings is 3. The van der Waals surface area contributed by atoms with E-state index in [0.29, 0.717) is 29.4 Å². The second kappa shape index (κ2) is 12.3. The van der Waals surface area contributed by atoms with Gasteiger partial charge < -0.3 is 9.47 Å². The molecule has 0 unspecified atom stereocenters. The Bertz CT molecular complexity index is 1260. The molecular formula is C25H27N3O5S2. The van der Waals surface area contributed by atoms with E-state index in [4.69, 9.17) is 9.47 Å². The van der Waals surface area contributed by atoms with E-state index in [2.05, 4.69) is 10.5 Å². The van der Waals surface area contributed by atoms with Gasteiger partial charge in [0.2, 0.25) is 0 Å². The van der Waals surface area contributed by atoms with Crippen LogP contribution in [0.3, 0.4) is 0 Å². The van der Waals surface area contributed by atoms with E-state index in [0.717, 1.165) is 9.20 Å². The van der Waals surface area contributed by atoms with Crippen molar-refractivity contribution in [3.8, 4) is 11.5 Å². The number of rotatable bonds is 11. The number of nitrogens with one attached hydrogen (secondary N) is 1. The van der Waals surface area contributed by atoms with Crippen molar-refractivity contribution in [2.75, 3.05) is 30.8 Å². The predicted molar refractivity (Wildman–Crippen MR) is 139 cm³/mol. The molecule has 184 valence electrons. The molecule has 0 spiro atoms. The molecule has 10 heteroatoms. The number of amides is 1. The van der Waals surface area contributed by atoms with Crippen LogP contribution in [0.4, 0.5) is 5.69 Å². The lowest BCUT2D eigenvalue weighted by atomic mass is 10.2. The number of sulfonamides is 1. The van der Waals surface area contributed by atoms with Gasteiger partial charge in [-0.3, -0.25) is 9.10 Å². The highest BCUT2D eigenvalue weighted by molar-refractivity contribution is 7.98. The van der Waals surface area contributed by atoms with Gasteiger partial charge in [-0.2, -0.15) is 5.10 Å². The number of hydrogen-bond donors (Lipinski definition) is 1. The number of nitrogens with zero attached hydrogens (tertiary/aromatic N) is 2. The van der Waals surface area contributed by atoms with Crippen LogP contribution in [0.15, 0.2) is 87.7 Å². The quantitative estimate of drug-likeness (QED) is 0.235. The standard InChI is InChI=1S/C25H27N3O5S2/c1-4-33-21-11-9-20(10-12-21)28(35(30,31)23-15-13-22(34-3)14-16-23)18-25(29)27-26-17-19-7-5-6-8-24(19)32-2/h5-17H,4,18H2,1-3H3,(H,27,29)/b26-17-. The molecule has 0 radical (unpaired) electrons. The Morgan fingerprint density at radius 2 is 1.74 bits per heavy atom. The smallest absolute Gasteiger partial charge is 0.264 e. The van der Waals surface area contributed by atoms with Crippen molar-refractivity contribution < 1.29 is 22.7 Å². The lowest BCUT2D eigenvalue weighted by Gasteiger charge is -2.24. The van der Waals surface area contributed by atoms with Crippen LogP contribution in [0.25, 0.3) is 0 Å². The van der Waals surface area contributed by atoms with Gasteiger partial charge in [-0.25, -0.2) is 13.8 Å². The lowest BCUT2D eigenvalue weighted by molar-refractivity contribution is -0.119. The highest BCUT2D eigenvalue weighted by atomic mass is 32.2. The van der Waals surface area contributed by atoms with Gasteiger partial charge in [0.15, 0.2) is 0 Å². The maximum absolute atomic E-state index is 13.5. The predicted octanol–water partition coefficient (Wildman–Crippen LogP) is 4.16. The van der Waals surface area contributed by atoms with Gasteiger partial charge in [0, 0.05) is 10.5 Å². The Kier molecular flexibility index (Phi) is 9.16. The molecular weight excluding hydrogens is 486 g/mol. The number of anilines is 1. The van der Waals surface area contributed by atoms with Crippen LogP contribution in [-0.4, -0.2) is 47.1 Å². The van der Waals surface area contributed by atoms with E-state index in [1.165, 1.54) is 37.2 Å². The van der Waals surface area contributed by atoms with Crippen LogP contribution in [-0.2, 0) is 14.8 Å². The Hall–Kier alpha value is -3.50. The molecule has 0 aliphatic carbocycles. The highest BCUT2D eigenvalue weighted by Gasteiger charge is 2.27. The zero-order chi connectivity index (χ0) is 25.3. The number of carbonyl (C=O) groups is 1. The van der Waals surface area contributed by atoms with Crippen molar-refractivity contribution in [1.82, 2.24) is 5.43 Å². The van der Waals surface area contributed by atoms with Gasteiger partial charge in [0.05, 0.1) is 30.5 Å². The molecule has 3 rings (SSSR count). The SMILES string of the molecule is CCOc1ccc(N(CC(=O)N/N=C\c2ccccc2OC)S(=O)(=O)c2ccc(SC)cc2)cc1. The third-order valence-electron chi connectivity index (χ3n) is 4.90. The van der Waals surface area contributed by atoms with Gasteiger partial charge in [0.25, 0.3) is 15.9 Å². The first kappa shape index (κ1) is 26.1. The van der Waals surface area contributed by atoms with E-state index in [1.54, 1.807) is 48.5 Å². The molecule has 3 aromatic carbocycles. The van der Waals surface area contributed by atoms with Crippen molar-refractivity contribution in [1.29, 1.82) is 0 Å². The van der Waals surface area contributed by atoms with Crippen molar-refractivity contribution in [2.45, 2.75) is 16.7 Å². The molecule has 35 heavy (non-hydrogen) atoms. The van der Waals surface area contributed by atoms with Crippen LogP contribution < -0.4 is 19.2 Å². The largest absolute Gasteiger partial charge is 0.496 e. The summed E-state index contributed by atoms with van der Waals surface area (Å²) < 4.78 is 38.8. The third-order valence-corrected chi connectivity index (χ3v) is 7.43. The van der Waals surface area contributed by atoms with Crippen molar-refractivity contribution in [3.63, 3.8) is 0 Å². The van der Waals surface area contributed by atoms with E-state index in [1.807, 2.05) is 25.3 Å². The van der Waals surface area contributed by atoms with Gasteiger partial charge in [0.1, 0.15) is 18.0 Å². The molecule has 0 aliphatic heterocycles. The summed E-state index contributed by atoms with van der Waals surface area (Å²) in [6.07, 6.45) is 3.35. The molecule has 3 aromatic rings. The average Bonchev–Trinajstić information content (AvgIpc) is 2.88. The molecule has 0 fully saturated rings. The molecule has 0 saturated heterocycles. The fourth-order valence-electron chi connectivity index (χ4n) is 3.18. The Morgan fingerprint density at radius 1 is 1.06 bits per heavy atom.